The summed E-state index contributed by atoms with van der Waals surface area (Å²) < 4.78 is 2.41. The van der Waals surface area contributed by atoms with Crippen molar-refractivity contribution in [1.29, 1.82) is 0 Å². The Hall–Kier alpha value is -0.261. The van der Waals surface area contributed by atoms with Gasteiger partial charge in [-0.25, -0.2) is 0 Å². The van der Waals surface area contributed by atoms with Gasteiger partial charge in [0.25, 0.3) is 0 Å². The molecule has 9 atom stereocenters. The molecule has 18 rings (SSSR count). The molecule has 16 aliphatic rings. The van der Waals surface area contributed by atoms with Crippen molar-refractivity contribution < 1.29 is 6.51 Å². The van der Waals surface area contributed by atoms with Crippen LogP contribution in [0, 0.1) is 29.1 Å². The number of hydrogen-bond donors (Lipinski definition) is 2. The first-order valence-electron chi connectivity index (χ1n) is 20.1. The first-order chi connectivity index (χ1) is 22.9. The standard InChI is InChI=1S/C37H47N2P2.C5H5.Fe/c40-23-36(28-18-24-17-25(20-28)21-29(36)19-24)35-31(37(41,32-13-7-15-38-32)33-14-8-16-39-33)22-30(26-9-3-1-4-10-26)34(35)27-11-5-2-6-12-27;1-2-4-5-3-1;/h1-6,9-12,22,24-25,28-29,32-33,38-39H,7-8,13-21,23,40-41H2;1-5H;. The molecule has 5 heteroatoms. The molecule has 47 heavy (non-hydrogen) atoms. The van der Waals surface area contributed by atoms with Gasteiger partial charge in [0.15, 0.2) is 0 Å². The van der Waals surface area contributed by atoms with Crippen LogP contribution < -0.4 is 10.6 Å². The van der Waals surface area contributed by atoms with Gasteiger partial charge < -0.3 is 0 Å². The fourth-order valence-corrected chi connectivity index (χ4v) is 118. The zero-order valence-corrected chi connectivity index (χ0v) is 31.1. The number of benzene rings is 2. The molecule has 0 radical (unpaired) electrons. The predicted molar refractivity (Wildman–Crippen MR) is 193 cm³/mol. The summed E-state index contributed by atoms with van der Waals surface area (Å²) in [5.41, 5.74) is 4.40. The second-order valence-corrected chi connectivity index (χ2v) is 46.3. The molecule has 16 fully saturated rings. The van der Waals surface area contributed by atoms with Gasteiger partial charge in [-0.1, -0.05) is 0 Å². The predicted octanol–water partition coefficient (Wildman–Crippen LogP) is 8.77. The molecular formula is C42H52FeN2P2. The number of hydrogen-bond acceptors (Lipinski definition) is 2. The fourth-order valence-electron chi connectivity index (χ4n) is 30.9. The quantitative estimate of drug-likeness (QED) is 0.223. The number of rotatable bonds is 7. The molecule has 1 spiro atoms. The molecule has 2 aromatic carbocycles. The van der Waals surface area contributed by atoms with Crippen LogP contribution in [0.1, 0.15) is 68.9 Å². The molecule has 0 amide bonds. The molecule has 4 aliphatic carbocycles. The van der Waals surface area contributed by atoms with Crippen LogP contribution in [0.5, 0.6) is 0 Å². The zero-order chi connectivity index (χ0) is 30.4. The van der Waals surface area contributed by atoms with E-state index in [0.29, 0.717) is 39.9 Å². The molecule has 248 valence electrons. The van der Waals surface area contributed by atoms with Crippen molar-refractivity contribution in [2.24, 2.45) is 29.1 Å². The Bertz CT molecular complexity index is 2270. The van der Waals surface area contributed by atoms with Crippen molar-refractivity contribution in [1.82, 2.24) is 10.6 Å². The van der Waals surface area contributed by atoms with Gasteiger partial charge in [-0.15, -0.1) is 0 Å². The molecule has 12 saturated heterocycles. The van der Waals surface area contributed by atoms with E-state index in [1.807, 2.05) is 11.1 Å². The third-order valence-electron chi connectivity index (χ3n) is 27.0. The third-order valence-corrected chi connectivity index (χ3v) is 73.3. The third kappa shape index (κ3) is 0.669. The van der Waals surface area contributed by atoms with Gasteiger partial charge in [-0.05, 0) is 0 Å². The number of fused-ring (bicyclic) bond motifs is 11. The maximum absolute atomic E-state index is 4.73. The van der Waals surface area contributed by atoms with Gasteiger partial charge in [0.2, 0.25) is 0 Å². The van der Waals surface area contributed by atoms with Crippen LogP contribution in [-0.2, 0) is 15.1 Å². The van der Waals surface area contributed by atoms with E-state index in [-0.39, 0.29) is 0 Å². The molecule has 12 heterocycles. The van der Waals surface area contributed by atoms with Crippen LogP contribution in [0.2, 0.25) is 37.5 Å². The minimum atomic E-state index is -4.73. The zero-order valence-electron chi connectivity index (χ0n) is 27.7. The SMILES string of the molecule is PCC1([C]23[C]4(c5ccccc5)[C]5(c6ccccc6)[CH]6[C]2(C(P)(C2CCCN2)C2CCCN2)[Fe]65432789[CH]3[CH]2[CH]7[CH]8[CH]39)C2CC3CC(C2)CC1C3. The van der Waals surface area contributed by atoms with Gasteiger partial charge in [0, 0.05) is 0 Å². The van der Waals surface area contributed by atoms with Crippen LogP contribution >= 0.6 is 18.5 Å². The van der Waals surface area contributed by atoms with Gasteiger partial charge in [0.1, 0.15) is 0 Å². The second kappa shape index (κ2) is 4.25. The normalized spacial score (nSPS) is 76.6. The first-order valence-corrected chi connectivity index (χ1v) is 27.6. The molecular weight excluding hydrogens is 650 g/mol. The molecule has 4 saturated carbocycles. The molecule has 4 bridgehead atoms. The summed E-state index contributed by atoms with van der Waals surface area (Å²) >= 11 is 0. The van der Waals surface area contributed by atoms with Crippen molar-refractivity contribution in [3.63, 3.8) is 0 Å². The van der Waals surface area contributed by atoms with Crippen molar-refractivity contribution in [2.45, 2.75) is 121 Å². The van der Waals surface area contributed by atoms with Crippen LogP contribution in [0.15, 0.2) is 60.7 Å². The molecule has 2 N–H and O–H groups in total. The first kappa shape index (κ1) is 24.8. The van der Waals surface area contributed by atoms with E-state index in [1.165, 1.54) is 69.0 Å². The fraction of sp³-hybridized carbons (Fsp3) is 0.714. The Morgan fingerprint density at radius 1 is 0.702 bits per heavy atom. The van der Waals surface area contributed by atoms with Crippen molar-refractivity contribution in [3.05, 3.63) is 71.8 Å². The second-order valence-electron chi connectivity index (χ2n) is 22.4. The van der Waals surface area contributed by atoms with E-state index in [2.05, 4.69) is 89.8 Å². The summed E-state index contributed by atoms with van der Waals surface area (Å²) in [7, 11) is 7.67. The van der Waals surface area contributed by atoms with E-state index in [4.69, 9.17) is 0 Å². The molecule has 12 aliphatic heterocycles. The van der Waals surface area contributed by atoms with E-state index < -0.39 is 6.51 Å². The van der Waals surface area contributed by atoms with Crippen LogP contribution in [0.4, 0.5) is 0 Å². The molecule has 2 aromatic rings. The Kier molecular flexibility index (Phi) is 2.25. The van der Waals surface area contributed by atoms with Crippen molar-refractivity contribution in [2.75, 3.05) is 19.3 Å². The van der Waals surface area contributed by atoms with E-state index >= 15 is 0 Å². The average Bonchev–Trinajstić information content (AvgIpc) is 3.87. The summed E-state index contributed by atoms with van der Waals surface area (Å²) in [6, 6.07) is 27.1. The molecule has 0 aromatic heterocycles. The maximum atomic E-state index is 4.38. The summed E-state index contributed by atoms with van der Waals surface area (Å²) in [5, 5.41) is 9.09. The molecule has 2 nitrogen and oxygen atoms in total. The summed E-state index contributed by atoms with van der Waals surface area (Å²) in [4.78, 5) is 7.14. The van der Waals surface area contributed by atoms with E-state index in [0.717, 1.165) is 28.5 Å². The van der Waals surface area contributed by atoms with Gasteiger partial charge in [-0.2, -0.15) is 0 Å². The van der Waals surface area contributed by atoms with Crippen LogP contribution in [0.25, 0.3) is 0 Å². The van der Waals surface area contributed by atoms with E-state index in [9.17, 15) is 0 Å². The van der Waals surface area contributed by atoms with Crippen LogP contribution in [-0.4, -0.2) is 36.5 Å². The Labute approximate surface area is 275 Å². The summed E-state index contributed by atoms with van der Waals surface area (Å²) in [5.74, 6) is 4.11. The van der Waals surface area contributed by atoms with Gasteiger partial charge in [0.05, 0.1) is 0 Å². The Morgan fingerprint density at radius 2 is 1.21 bits per heavy atom. The Morgan fingerprint density at radius 3 is 1.66 bits per heavy atom. The summed E-state index contributed by atoms with van der Waals surface area (Å²) in [6.45, 7) is -2.21. The summed E-state index contributed by atoms with van der Waals surface area (Å²) in [6.07, 6.45) is 15.1. The topological polar surface area (TPSA) is 24.1 Å². The monoisotopic (exact) mass is 702 g/mol. The van der Waals surface area contributed by atoms with Crippen molar-refractivity contribution >= 4 is 18.5 Å². The Balaban J connectivity index is 1.11. The van der Waals surface area contributed by atoms with Crippen molar-refractivity contribution in [3.8, 4) is 0 Å². The van der Waals surface area contributed by atoms with Gasteiger partial charge in [-0.3, -0.25) is 0 Å². The minimum absolute atomic E-state index is 0.329. The van der Waals surface area contributed by atoms with E-state index in [1.54, 1.807) is 32.1 Å². The van der Waals surface area contributed by atoms with Gasteiger partial charge >= 0.3 is 277 Å². The van der Waals surface area contributed by atoms with Crippen LogP contribution in [0.3, 0.4) is 0 Å². The number of nitrogens with one attached hydrogen (secondary N) is 2. The molecule has 9 unspecified atom stereocenters. The average molecular weight is 703 g/mol.